The van der Waals surface area contributed by atoms with Crippen molar-refractivity contribution >= 4 is 10.0 Å². The molecule has 0 aliphatic carbocycles. The second-order valence-corrected chi connectivity index (χ2v) is 6.58. The molecule has 1 unspecified atom stereocenters. The van der Waals surface area contributed by atoms with Crippen LogP contribution >= 0.6 is 0 Å². The lowest BCUT2D eigenvalue weighted by Gasteiger charge is -2.23. The van der Waals surface area contributed by atoms with E-state index in [0.29, 0.717) is 19.0 Å². The minimum atomic E-state index is -3.11. The molecular weight excluding hydrogens is 250 g/mol. The van der Waals surface area contributed by atoms with E-state index in [1.807, 2.05) is 14.0 Å². The SMILES string of the molecule is CCNCCCS(=O)(=O)NCCN(C)C(C)CC. The molecule has 0 saturated carbocycles. The summed E-state index contributed by atoms with van der Waals surface area (Å²) in [5, 5.41) is 3.12. The van der Waals surface area contributed by atoms with E-state index in [0.717, 1.165) is 26.1 Å². The van der Waals surface area contributed by atoms with Gasteiger partial charge in [0.25, 0.3) is 0 Å². The van der Waals surface area contributed by atoms with Crippen LogP contribution in [-0.2, 0) is 10.0 Å². The maximum Gasteiger partial charge on any atom is 0.211 e. The van der Waals surface area contributed by atoms with Crippen LogP contribution in [0.15, 0.2) is 0 Å². The Morgan fingerprint density at radius 1 is 1.22 bits per heavy atom. The second-order valence-electron chi connectivity index (χ2n) is 4.66. The van der Waals surface area contributed by atoms with E-state index in [4.69, 9.17) is 0 Å². The number of likely N-dealkylation sites (N-methyl/N-ethyl adjacent to an activating group) is 1. The monoisotopic (exact) mass is 279 g/mol. The zero-order chi connectivity index (χ0) is 14.0. The van der Waals surface area contributed by atoms with E-state index in [1.165, 1.54) is 0 Å². The van der Waals surface area contributed by atoms with Crippen LogP contribution in [0.2, 0.25) is 0 Å². The fourth-order valence-corrected chi connectivity index (χ4v) is 2.62. The number of nitrogens with zero attached hydrogens (tertiary/aromatic N) is 1. The minimum absolute atomic E-state index is 0.201. The van der Waals surface area contributed by atoms with Crippen LogP contribution in [0.4, 0.5) is 0 Å². The van der Waals surface area contributed by atoms with E-state index in [1.54, 1.807) is 0 Å². The van der Waals surface area contributed by atoms with Crippen molar-refractivity contribution in [2.24, 2.45) is 0 Å². The first kappa shape index (κ1) is 17.8. The van der Waals surface area contributed by atoms with Crippen LogP contribution in [0.25, 0.3) is 0 Å². The van der Waals surface area contributed by atoms with Crippen molar-refractivity contribution < 1.29 is 8.42 Å². The van der Waals surface area contributed by atoms with Crippen molar-refractivity contribution in [2.75, 3.05) is 39.0 Å². The first-order valence-corrected chi connectivity index (χ1v) is 8.46. The molecule has 0 bridgehead atoms. The molecule has 5 nitrogen and oxygen atoms in total. The molecule has 1 atom stereocenters. The van der Waals surface area contributed by atoms with E-state index in [2.05, 4.69) is 28.8 Å². The highest BCUT2D eigenvalue weighted by Crippen LogP contribution is 1.98. The standard InChI is InChI=1S/C12H29N3O2S/c1-5-12(3)15(4)10-9-14-18(16,17)11-7-8-13-6-2/h12-14H,5-11H2,1-4H3. The third-order valence-electron chi connectivity index (χ3n) is 3.15. The Morgan fingerprint density at radius 3 is 2.44 bits per heavy atom. The molecule has 0 aliphatic heterocycles. The molecule has 110 valence electrons. The van der Waals surface area contributed by atoms with Crippen molar-refractivity contribution in [3.8, 4) is 0 Å². The van der Waals surface area contributed by atoms with Gasteiger partial charge in [0.1, 0.15) is 0 Å². The molecule has 0 fully saturated rings. The van der Waals surface area contributed by atoms with Gasteiger partial charge in [-0.1, -0.05) is 13.8 Å². The van der Waals surface area contributed by atoms with E-state index in [-0.39, 0.29) is 5.75 Å². The average Bonchev–Trinajstić information content (AvgIpc) is 2.33. The zero-order valence-electron chi connectivity index (χ0n) is 12.2. The largest absolute Gasteiger partial charge is 0.317 e. The molecule has 0 aromatic heterocycles. The van der Waals surface area contributed by atoms with Crippen LogP contribution < -0.4 is 10.0 Å². The summed E-state index contributed by atoms with van der Waals surface area (Å²) < 4.78 is 26.0. The lowest BCUT2D eigenvalue weighted by Crippen LogP contribution is -2.38. The van der Waals surface area contributed by atoms with Gasteiger partial charge in [0.2, 0.25) is 10.0 Å². The molecule has 0 rings (SSSR count). The van der Waals surface area contributed by atoms with Gasteiger partial charge in [0.15, 0.2) is 0 Å². The molecule has 0 saturated heterocycles. The van der Waals surface area contributed by atoms with Gasteiger partial charge in [-0.15, -0.1) is 0 Å². The van der Waals surface area contributed by atoms with Gasteiger partial charge in [-0.05, 0) is 39.9 Å². The predicted molar refractivity (Wildman–Crippen MR) is 77.3 cm³/mol. The normalized spacial score (nSPS) is 14.1. The Kier molecular flexibility index (Phi) is 9.63. The molecule has 6 heteroatoms. The quantitative estimate of drug-likeness (QED) is 0.545. The third-order valence-corrected chi connectivity index (χ3v) is 4.62. The summed E-state index contributed by atoms with van der Waals surface area (Å²) >= 11 is 0. The smallest absolute Gasteiger partial charge is 0.211 e. The molecule has 0 radical (unpaired) electrons. The Morgan fingerprint density at radius 2 is 1.89 bits per heavy atom. The number of sulfonamides is 1. The van der Waals surface area contributed by atoms with Gasteiger partial charge < -0.3 is 10.2 Å². The van der Waals surface area contributed by atoms with Crippen LogP contribution in [0, 0.1) is 0 Å². The summed E-state index contributed by atoms with van der Waals surface area (Å²) in [5.41, 5.74) is 0. The predicted octanol–water partition coefficient (Wildman–Crippen LogP) is 0.636. The number of nitrogens with one attached hydrogen (secondary N) is 2. The number of hydrogen-bond acceptors (Lipinski definition) is 4. The lowest BCUT2D eigenvalue weighted by atomic mass is 10.2. The highest BCUT2D eigenvalue weighted by Gasteiger charge is 2.11. The molecular formula is C12H29N3O2S. The summed E-state index contributed by atoms with van der Waals surface area (Å²) in [6, 6.07) is 0.489. The summed E-state index contributed by atoms with van der Waals surface area (Å²) in [7, 11) is -1.09. The van der Waals surface area contributed by atoms with Crippen molar-refractivity contribution in [2.45, 2.75) is 39.7 Å². The van der Waals surface area contributed by atoms with Gasteiger partial charge >= 0.3 is 0 Å². The van der Waals surface area contributed by atoms with Crippen LogP contribution in [0.3, 0.4) is 0 Å². The van der Waals surface area contributed by atoms with E-state index < -0.39 is 10.0 Å². The molecule has 18 heavy (non-hydrogen) atoms. The second kappa shape index (κ2) is 9.72. The van der Waals surface area contributed by atoms with E-state index >= 15 is 0 Å². The minimum Gasteiger partial charge on any atom is -0.317 e. The Labute approximate surface area is 112 Å². The summed E-state index contributed by atoms with van der Waals surface area (Å²) in [6.45, 7) is 9.16. The fraction of sp³-hybridized carbons (Fsp3) is 1.00. The van der Waals surface area contributed by atoms with Gasteiger partial charge in [0.05, 0.1) is 5.75 Å². The Hall–Kier alpha value is -0.170. The molecule has 0 heterocycles. The first-order valence-electron chi connectivity index (χ1n) is 6.81. The van der Waals surface area contributed by atoms with Crippen LogP contribution in [0.1, 0.15) is 33.6 Å². The topological polar surface area (TPSA) is 61.4 Å². The van der Waals surface area contributed by atoms with Crippen LogP contribution in [0.5, 0.6) is 0 Å². The van der Waals surface area contributed by atoms with Gasteiger partial charge in [-0.3, -0.25) is 0 Å². The van der Waals surface area contributed by atoms with E-state index in [9.17, 15) is 8.42 Å². The maximum absolute atomic E-state index is 11.7. The van der Waals surface area contributed by atoms with Gasteiger partial charge in [0, 0.05) is 19.1 Å². The van der Waals surface area contributed by atoms with Crippen LogP contribution in [-0.4, -0.2) is 58.3 Å². The lowest BCUT2D eigenvalue weighted by molar-refractivity contribution is 0.256. The van der Waals surface area contributed by atoms with Gasteiger partial charge in [-0.25, -0.2) is 13.1 Å². The van der Waals surface area contributed by atoms with Gasteiger partial charge in [-0.2, -0.15) is 0 Å². The molecule has 0 spiro atoms. The summed E-state index contributed by atoms with van der Waals surface area (Å²) in [6.07, 6.45) is 1.73. The summed E-state index contributed by atoms with van der Waals surface area (Å²) in [5.74, 6) is 0.201. The summed E-state index contributed by atoms with van der Waals surface area (Å²) in [4.78, 5) is 2.17. The molecule has 0 aliphatic rings. The zero-order valence-corrected chi connectivity index (χ0v) is 13.0. The first-order chi connectivity index (χ1) is 8.43. The number of rotatable bonds is 11. The third kappa shape index (κ3) is 8.85. The highest BCUT2D eigenvalue weighted by molar-refractivity contribution is 7.89. The highest BCUT2D eigenvalue weighted by atomic mass is 32.2. The molecule has 0 aromatic rings. The Balaban J connectivity index is 3.76. The average molecular weight is 279 g/mol. The molecule has 0 aromatic carbocycles. The van der Waals surface area contributed by atoms with Crippen molar-refractivity contribution in [3.63, 3.8) is 0 Å². The van der Waals surface area contributed by atoms with Crippen molar-refractivity contribution in [1.29, 1.82) is 0 Å². The van der Waals surface area contributed by atoms with Crippen molar-refractivity contribution in [1.82, 2.24) is 14.9 Å². The molecule has 0 amide bonds. The molecule has 2 N–H and O–H groups in total. The number of hydrogen-bond donors (Lipinski definition) is 2. The van der Waals surface area contributed by atoms with Crippen molar-refractivity contribution in [3.05, 3.63) is 0 Å². The maximum atomic E-state index is 11.7. The Bertz CT molecular complexity index is 294. The fourth-order valence-electron chi connectivity index (χ4n) is 1.55.